The number of carbonyl (C=O) groups is 1. The van der Waals surface area contributed by atoms with Gasteiger partial charge in [-0.15, -0.1) is 0 Å². The molecule has 3 N–H and O–H groups in total. The molecule has 0 saturated heterocycles. The van der Waals surface area contributed by atoms with Gasteiger partial charge in [0.1, 0.15) is 0 Å². The molecule has 1 amide bonds. The van der Waals surface area contributed by atoms with Gasteiger partial charge in [0.05, 0.1) is 12.0 Å². The van der Waals surface area contributed by atoms with Gasteiger partial charge >= 0.3 is 0 Å². The van der Waals surface area contributed by atoms with Gasteiger partial charge in [0.25, 0.3) is 0 Å². The maximum atomic E-state index is 11.9. The van der Waals surface area contributed by atoms with Crippen molar-refractivity contribution < 1.29 is 4.79 Å². The predicted molar refractivity (Wildman–Crippen MR) is 97.6 cm³/mol. The van der Waals surface area contributed by atoms with Crippen molar-refractivity contribution in [3.63, 3.8) is 0 Å². The topological polar surface area (TPSA) is 65.5 Å². The summed E-state index contributed by atoms with van der Waals surface area (Å²) in [4.78, 5) is 16.5. The minimum atomic E-state index is -0.490. The van der Waals surface area contributed by atoms with Gasteiger partial charge in [-0.3, -0.25) is 9.79 Å². The van der Waals surface area contributed by atoms with Crippen molar-refractivity contribution >= 4 is 11.9 Å². The summed E-state index contributed by atoms with van der Waals surface area (Å²) in [7, 11) is 1.67. The lowest BCUT2D eigenvalue weighted by molar-refractivity contribution is -0.128. The van der Waals surface area contributed by atoms with E-state index in [1.54, 1.807) is 7.05 Å². The molecule has 0 spiro atoms. The lowest BCUT2D eigenvalue weighted by atomic mass is 9.83. The van der Waals surface area contributed by atoms with Crippen LogP contribution in [0.5, 0.6) is 0 Å². The molecule has 0 bridgehead atoms. The molecule has 0 radical (unpaired) electrons. The van der Waals surface area contributed by atoms with Crippen molar-refractivity contribution in [2.75, 3.05) is 20.1 Å². The van der Waals surface area contributed by atoms with Crippen molar-refractivity contribution in [1.82, 2.24) is 16.0 Å². The summed E-state index contributed by atoms with van der Waals surface area (Å²) in [5.74, 6) is 1.77. The van der Waals surface area contributed by atoms with E-state index in [0.717, 1.165) is 18.4 Å². The predicted octanol–water partition coefficient (Wildman–Crippen LogP) is 2.67. The van der Waals surface area contributed by atoms with Gasteiger partial charge in [0.2, 0.25) is 5.91 Å². The van der Waals surface area contributed by atoms with Gasteiger partial charge in [-0.1, -0.05) is 19.8 Å². The molecule has 1 saturated carbocycles. The highest BCUT2D eigenvalue weighted by Crippen LogP contribution is 2.27. The van der Waals surface area contributed by atoms with Crippen molar-refractivity contribution in [2.45, 2.75) is 72.3 Å². The van der Waals surface area contributed by atoms with E-state index in [9.17, 15) is 4.79 Å². The van der Waals surface area contributed by atoms with Crippen LogP contribution in [0.2, 0.25) is 0 Å². The third kappa shape index (κ3) is 6.80. The Labute approximate surface area is 142 Å². The van der Waals surface area contributed by atoms with E-state index in [-0.39, 0.29) is 5.91 Å². The fraction of sp³-hybridized carbons (Fsp3) is 0.889. The first kappa shape index (κ1) is 19.8. The summed E-state index contributed by atoms with van der Waals surface area (Å²) >= 11 is 0. The second kappa shape index (κ2) is 9.78. The smallest absolute Gasteiger partial charge is 0.227 e. The molecule has 0 aliphatic heterocycles. The summed E-state index contributed by atoms with van der Waals surface area (Å²) in [5.41, 5.74) is -0.490. The van der Waals surface area contributed by atoms with Crippen LogP contribution in [0.3, 0.4) is 0 Å². The Bertz CT molecular complexity index is 384. The summed E-state index contributed by atoms with van der Waals surface area (Å²) in [6.45, 7) is 9.50. The standard InChI is InChI=1S/C18H36N4O/c1-6-8-14-9-11-15(12-10-14)22-17(20-7-2)21-13-18(3,4)16(23)19-5/h14-15H,6-13H2,1-5H3,(H,19,23)(H2,20,21,22). The highest BCUT2D eigenvalue weighted by molar-refractivity contribution is 5.83. The van der Waals surface area contributed by atoms with Gasteiger partial charge < -0.3 is 16.0 Å². The first-order valence-electron chi connectivity index (χ1n) is 9.20. The first-order chi connectivity index (χ1) is 10.9. The molecule has 0 aromatic rings. The average molecular weight is 325 g/mol. The molecule has 134 valence electrons. The number of aliphatic imine (C=N–C) groups is 1. The SMILES string of the molecule is CCCC1CCC(NC(=NCC(C)(C)C(=O)NC)NCC)CC1. The molecule has 23 heavy (non-hydrogen) atoms. The lowest BCUT2D eigenvalue weighted by Crippen LogP contribution is -2.46. The number of guanidine groups is 1. The van der Waals surface area contributed by atoms with Gasteiger partial charge in [-0.25, -0.2) is 0 Å². The van der Waals surface area contributed by atoms with Crippen molar-refractivity contribution in [3.05, 3.63) is 0 Å². The lowest BCUT2D eigenvalue weighted by Gasteiger charge is -2.30. The minimum absolute atomic E-state index is 0.0252. The molecule has 1 fully saturated rings. The number of carbonyl (C=O) groups excluding carboxylic acids is 1. The monoisotopic (exact) mass is 324 g/mol. The molecule has 5 heteroatoms. The zero-order valence-electron chi connectivity index (χ0n) is 15.7. The van der Waals surface area contributed by atoms with Crippen LogP contribution in [0.25, 0.3) is 0 Å². The number of nitrogens with one attached hydrogen (secondary N) is 3. The van der Waals surface area contributed by atoms with Crippen LogP contribution in [0.4, 0.5) is 0 Å². The maximum absolute atomic E-state index is 11.9. The van der Waals surface area contributed by atoms with Crippen molar-refractivity contribution in [1.29, 1.82) is 0 Å². The Morgan fingerprint density at radius 2 is 1.83 bits per heavy atom. The summed E-state index contributed by atoms with van der Waals surface area (Å²) in [6, 6.07) is 0.504. The van der Waals surface area contributed by atoms with Gasteiger partial charge in [0, 0.05) is 19.6 Å². The normalized spacial score (nSPS) is 22.6. The molecule has 0 heterocycles. The van der Waals surface area contributed by atoms with E-state index in [1.807, 2.05) is 13.8 Å². The Morgan fingerprint density at radius 3 is 2.35 bits per heavy atom. The molecule has 5 nitrogen and oxygen atoms in total. The van der Waals surface area contributed by atoms with Crippen molar-refractivity contribution in [2.24, 2.45) is 16.3 Å². The number of hydrogen-bond acceptors (Lipinski definition) is 2. The maximum Gasteiger partial charge on any atom is 0.227 e. The van der Waals surface area contributed by atoms with Gasteiger partial charge in [-0.05, 0) is 52.4 Å². The van der Waals surface area contributed by atoms with E-state index in [0.29, 0.717) is 12.6 Å². The second-order valence-electron chi connectivity index (χ2n) is 7.31. The third-order valence-electron chi connectivity index (χ3n) is 4.70. The van der Waals surface area contributed by atoms with E-state index < -0.39 is 5.41 Å². The molecule has 1 aliphatic rings. The van der Waals surface area contributed by atoms with E-state index >= 15 is 0 Å². The van der Waals surface area contributed by atoms with Crippen LogP contribution in [-0.2, 0) is 4.79 Å². The van der Waals surface area contributed by atoms with Crippen LogP contribution in [0.15, 0.2) is 4.99 Å². The molecule has 1 rings (SSSR count). The largest absolute Gasteiger partial charge is 0.359 e. The summed E-state index contributed by atoms with van der Waals surface area (Å²) < 4.78 is 0. The molecule has 1 aliphatic carbocycles. The van der Waals surface area contributed by atoms with Crippen LogP contribution in [0, 0.1) is 11.3 Å². The van der Waals surface area contributed by atoms with Crippen LogP contribution < -0.4 is 16.0 Å². The number of amides is 1. The van der Waals surface area contributed by atoms with Gasteiger partial charge in [-0.2, -0.15) is 0 Å². The highest BCUT2D eigenvalue weighted by Gasteiger charge is 2.27. The quantitative estimate of drug-likeness (QED) is 0.498. The Hall–Kier alpha value is -1.26. The molecular weight excluding hydrogens is 288 g/mol. The first-order valence-corrected chi connectivity index (χ1v) is 9.20. The van der Waals surface area contributed by atoms with E-state index in [4.69, 9.17) is 0 Å². The van der Waals surface area contributed by atoms with Crippen molar-refractivity contribution in [3.8, 4) is 0 Å². The Kier molecular flexibility index (Phi) is 8.42. The minimum Gasteiger partial charge on any atom is -0.359 e. The zero-order chi connectivity index (χ0) is 17.3. The molecule has 0 atom stereocenters. The second-order valence-corrected chi connectivity index (χ2v) is 7.31. The van der Waals surface area contributed by atoms with Gasteiger partial charge in [0.15, 0.2) is 5.96 Å². The molecule has 0 unspecified atom stereocenters. The fourth-order valence-corrected chi connectivity index (χ4v) is 3.20. The number of nitrogens with zero attached hydrogens (tertiary/aromatic N) is 1. The van der Waals surface area contributed by atoms with Crippen LogP contribution >= 0.6 is 0 Å². The number of rotatable bonds is 7. The molecular formula is C18H36N4O. The third-order valence-corrected chi connectivity index (χ3v) is 4.70. The summed E-state index contributed by atoms with van der Waals surface area (Å²) in [5, 5.41) is 9.57. The van der Waals surface area contributed by atoms with E-state index in [1.165, 1.54) is 38.5 Å². The number of hydrogen-bond donors (Lipinski definition) is 3. The highest BCUT2D eigenvalue weighted by atomic mass is 16.2. The Morgan fingerprint density at radius 1 is 1.17 bits per heavy atom. The van der Waals surface area contributed by atoms with E-state index in [2.05, 4.69) is 34.8 Å². The van der Waals surface area contributed by atoms with Crippen LogP contribution in [0.1, 0.15) is 66.2 Å². The molecule has 0 aromatic carbocycles. The van der Waals surface area contributed by atoms with Crippen LogP contribution in [-0.4, -0.2) is 38.0 Å². The molecule has 0 aromatic heterocycles. The zero-order valence-corrected chi connectivity index (χ0v) is 15.7. The Balaban J connectivity index is 2.55. The summed E-state index contributed by atoms with van der Waals surface area (Å²) in [6.07, 6.45) is 7.72. The average Bonchev–Trinajstić information content (AvgIpc) is 2.54. The fourth-order valence-electron chi connectivity index (χ4n) is 3.20.